The van der Waals surface area contributed by atoms with Crippen molar-refractivity contribution in [2.45, 2.75) is 46.6 Å². The molecular weight excluding hydrogens is 172 g/mol. The van der Waals surface area contributed by atoms with E-state index in [0.717, 1.165) is 18.6 Å². The maximum atomic E-state index is 5.70. The van der Waals surface area contributed by atoms with Crippen LogP contribution in [0.5, 0.6) is 5.75 Å². The van der Waals surface area contributed by atoms with Crippen molar-refractivity contribution in [3.8, 4) is 5.75 Å². The highest BCUT2D eigenvalue weighted by Gasteiger charge is 2.01. The number of rotatable bonds is 4. The van der Waals surface area contributed by atoms with Gasteiger partial charge in [0.25, 0.3) is 0 Å². The summed E-state index contributed by atoms with van der Waals surface area (Å²) in [6.07, 6.45) is 2.40. The van der Waals surface area contributed by atoms with Crippen molar-refractivity contribution in [2.75, 3.05) is 0 Å². The molecule has 14 heavy (non-hydrogen) atoms. The third-order valence-electron chi connectivity index (χ3n) is 2.21. The highest BCUT2D eigenvalue weighted by atomic mass is 16.5. The Morgan fingerprint density at radius 2 is 1.50 bits per heavy atom. The van der Waals surface area contributed by atoms with Crippen molar-refractivity contribution in [1.29, 1.82) is 0 Å². The summed E-state index contributed by atoms with van der Waals surface area (Å²) in [6, 6.07) is 6.53. The van der Waals surface area contributed by atoms with Gasteiger partial charge in [0, 0.05) is 0 Å². The Hall–Kier alpha value is -0.980. The van der Waals surface area contributed by atoms with Gasteiger partial charge in [0.15, 0.2) is 0 Å². The van der Waals surface area contributed by atoms with Crippen LogP contribution in [0.1, 0.15) is 38.8 Å². The van der Waals surface area contributed by atoms with Crippen molar-refractivity contribution in [1.82, 2.24) is 0 Å². The summed E-state index contributed by atoms with van der Waals surface area (Å²) in [7, 11) is 0. The van der Waals surface area contributed by atoms with Crippen molar-refractivity contribution in [3.63, 3.8) is 0 Å². The van der Waals surface area contributed by atoms with Crippen LogP contribution in [0.2, 0.25) is 0 Å². The molecular formula is C13H20O. The van der Waals surface area contributed by atoms with Crippen LogP contribution in [0, 0.1) is 0 Å². The molecule has 1 aromatic rings. The lowest BCUT2D eigenvalue weighted by Gasteiger charge is -2.12. The fourth-order valence-electron chi connectivity index (χ4n) is 1.48. The van der Waals surface area contributed by atoms with Crippen LogP contribution in [0.4, 0.5) is 0 Å². The van der Waals surface area contributed by atoms with Crippen LogP contribution in [0.3, 0.4) is 0 Å². The van der Waals surface area contributed by atoms with Crippen LogP contribution in [-0.4, -0.2) is 6.10 Å². The summed E-state index contributed by atoms with van der Waals surface area (Å²) in [5, 5.41) is 0. The lowest BCUT2D eigenvalue weighted by atomic mass is 10.1. The van der Waals surface area contributed by atoms with Crippen molar-refractivity contribution in [3.05, 3.63) is 29.3 Å². The average molecular weight is 192 g/mol. The molecule has 0 saturated heterocycles. The average Bonchev–Trinajstić information content (AvgIpc) is 2.16. The molecule has 0 N–H and O–H groups in total. The van der Waals surface area contributed by atoms with E-state index in [1.54, 1.807) is 0 Å². The van der Waals surface area contributed by atoms with E-state index in [1.165, 1.54) is 11.1 Å². The zero-order valence-corrected chi connectivity index (χ0v) is 9.63. The van der Waals surface area contributed by atoms with E-state index >= 15 is 0 Å². The highest BCUT2D eigenvalue weighted by molar-refractivity contribution is 5.34. The third-order valence-corrected chi connectivity index (χ3v) is 2.21. The predicted octanol–water partition coefficient (Wildman–Crippen LogP) is 3.60. The van der Waals surface area contributed by atoms with E-state index in [9.17, 15) is 0 Å². The summed E-state index contributed by atoms with van der Waals surface area (Å²) in [5.74, 6) is 1.01. The molecule has 0 aliphatic rings. The lowest BCUT2D eigenvalue weighted by molar-refractivity contribution is 0.242. The Bertz CT molecular complexity index is 267. The minimum atomic E-state index is 0.256. The summed E-state index contributed by atoms with van der Waals surface area (Å²) in [6.45, 7) is 8.47. The molecule has 0 spiro atoms. The quantitative estimate of drug-likeness (QED) is 0.708. The molecule has 1 heteroatoms. The van der Waals surface area contributed by atoms with Crippen LogP contribution in [0.15, 0.2) is 18.2 Å². The fourth-order valence-corrected chi connectivity index (χ4v) is 1.48. The van der Waals surface area contributed by atoms with E-state index in [0.29, 0.717) is 0 Å². The second kappa shape index (κ2) is 5.04. The number of hydrogen-bond donors (Lipinski definition) is 0. The van der Waals surface area contributed by atoms with Gasteiger partial charge < -0.3 is 4.74 Å². The molecule has 0 unspecified atom stereocenters. The Kier molecular flexibility index (Phi) is 3.99. The van der Waals surface area contributed by atoms with Crippen LogP contribution < -0.4 is 4.74 Å². The molecule has 1 aromatic carbocycles. The zero-order chi connectivity index (χ0) is 10.6. The molecule has 0 bridgehead atoms. The Balaban J connectivity index is 2.92. The molecule has 78 valence electrons. The summed E-state index contributed by atoms with van der Waals surface area (Å²) < 4.78 is 5.70. The van der Waals surface area contributed by atoms with Crippen LogP contribution in [0.25, 0.3) is 0 Å². The van der Waals surface area contributed by atoms with Crippen LogP contribution >= 0.6 is 0 Å². The lowest BCUT2D eigenvalue weighted by Crippen LogP contribution is -2.06. The van der Waals surface area contributed by atoms with Gasteiger partial charge >= 0.3 is 0 Å². The molecule has 0 heterocycles. The second-order valence-corrected chi connectivity index (χ2v) is 3.86. The highest BCUT2D eigenvalue weighted by Crippen LogP contribution is 2.19. The molecule has 0 aliphatic heterocycles. The molecule has 0 atom stereocenters. The largest absolute Gasteiger partial charge is 0.491 e. The predicted molar refractivity (Wildman–Crippen MR) is 61.0 cm³/mol. The summed E-state index contributed by atoms with van der Waals surface area (Å²) in [5.41, 5.74) is 2.72. The van der Waals surface area contributed by atoms with Gasteiger partial charge in [-0.05, 0) is 49.9 Å². The van der Waals surface area contributed by atoms with E-state index in [4.69, 9.17) is 4.74 Å². The number of aryl methyl sites for hydroxylation is 2. The topological polar surface area (TPSA) is 9.23 Å². The van der Waals surface area contributed by atoms with Gasteiger partial charge in [-0.2, -0.15) is 0 Å². The Labute approximate surface area is 87.1 Å². The van der Waals surface area contributed by atoms with Gasteiger partial charge in [0.1, 0.15) is 5.75 Å². The van der Waals surface area contributed by atoms with E-state index in [2.05, 4.69) is 45.9 Å². The first-order chi connectivity index (χ1) is 6.65. The van der Waals surface area contributed by atoms with Gasteiger partial charge in [0.2, 0.25) is 0 Å². The van der Waals surface area contributed by atoms with Gasteiger partial charge in [-0.25, -0.2) is 0 Å². The fraction of sp³-hybridized carbons (Fsp3) is 0.538. The van der Waals surface area contributed by atoms with Gasteiger partial charge in [-0.1, -0.05) is 19.9 Å². The maximum absolute atomic E-state index is 5.70. The summed E-state index contributed by atoms with van der Waals surface area (Å²) >= 11 is 0. The first-order valence-electron chi connectivity index (χ1n) is 5.45. The molecule has 0 radical (unpaired) electrons. The van der Waals surface area contributed by atoms with E-state index in [1.807, 2.05) is 0 Å². The van der Waals surface area contributed by atoms with E-state index < -0.39 is 0 Å². The van der Waals surface area contributed by atoms with Gasteiger partial charge in [-0.15, -0.1) is 0 Å². The molecule has 0 saturated carbocycles. The smallest absolute Gasteiger partial charge is 0.120 e. The SMILES string of the molecule is CCc1cc(CC)cc(OC(C)C)c1. The Morgan fingerprint density at radius 3 is 1.86 bits per heavy atom. The van der Waals surface area contributed by atoms with Gasteiger partial charge in [0.05, 0.1) is 6.10 Å². The molecule has 1 rings (SSSR count). The normalized spacial score (nSPS) is 10.6. The van der Waals surface area contributed by atoms with Crippen molar-refractivity contribution < 1.29 is 4.74 Å². The second-order valence-electron chi connectivity index (χ2n) is 3.86. The van der Waals surface area contributed by atoms with Gasteiger partial charge in [-0.3, -0.25) is 0 Å². The van der Waals surface area contributed by atoms with E-state index in [-0.39, 0.29) is 6.10 Å². The minimum absolute atomic E-state index is 0.256. The number of ether oxygens (including phenoxy) is 1. The maximum Gasteiger partial charge on any atom is 0.120 e. The van der Waals surface area contributed by atoms with Crippen molar-refractivity contribution in [2.24, 2.45) is 0 Å². The summed E-state index contributed by atoms with van der Waals surface area (Å²) in [4.78, 5) is 0. The standard InChI is InChI=1S/C13H20O/c1-5-11-7-12(6-2)9-13(8-11)14-10(3)4/h7-10H,5-6H2,1-4H3. The van der Waals surface area contributed by atoms with Crippen LogP contribution in [-0.2, 0) is 12.8 Å². The first kappa shape index (κ1) is 11.1. The molecule has 0 aromatic heterocycles. The zero-order valence-electron chi connectivity index (χ0n) is 9.63. The Morgan fingerprint density at radius 1 is 1.00 bits per heavy atom. The molecule has 0 amide bonds. The molecule has 0 fully saturated rings. The minimum Gasteiger partial charge on any atom is -0.491 e. The number of hydrogen-bond acceptors (Lipinski definition) is 1. The molecule has 1 nitrogen and oxygen atoms in total. The third kappa shape index (κ3) is 3.06. The molecule has 0 aliphatic carbocycles. The first-order valence-corrected chi connectivity index (χ1v) is 5.45. The number of benzene rings is 1. The van der Waals surface area contributed by atoms with Crippen molar-refractivity contribution >= 4 is 0 Å². The monoisotopic (exact) mass is 192 g/mol.